The zero-order chi connectivity index (χ0) is 16.8. The molecule has 0 aromatic heterocycles. The number of ether oxygens (including phenoxy) is 1. The number of hydrogen-bond donors (Lipinski definition) is 0. The maximum Gasteiger partial charge on any atom is 0.254 e. The van der Waals surface area contributed by atoms with Crippen molar-refractivity contribution in [2.45, 2.75) is 13.5 Å². The molecule has 2 aromatic rings. The topological polar surface area (TPSA) is 53.3 Å². The third-order valence-electron chi connectivity index (χ3n) is 3.52. The first-order valence-corrected chi connectivity index (χ1v) is 7.21. The molecule has 118 valence electrons. The van der Waals surface area contributed by atoms with Crippen LogP contribution in [0.4, 0.5) is 4.39 Å². The summed E-state index contributed by atoms with van der Waals surface area (Å²) in [7, 11) is 1.41. The van der Waals surface area contributed by atoms with Crippen molar-refractivity contribution in [1.29, 1.82) is 5.26 Å². The lowest BCUT2D eigenvalue weighted by Gasteiger charge is -2.21. The Bertz CT molecular complexity index is 736. The molecule has 0 aliphatic rings. The van der Waals surface area contributed by atoms with Gasteiger partial charge in [0.2, 0.25) is 0 Å². The van der Waals surface area contributed by atoms with Crippen LogP contribution >= 0.6 is 0 Å². The zero-order valence-electron chi connectivity index (χ0n) is 13.0. The molecule has 0 atom stereocenters. The maximum atomic E-state index is 13.8. The Balaban J connectivity index is 2.17. The van der Waals surface area contributed by atoms with E-state index in [9.17, 15) is 9.18 Å². The second-order valence-corrected chi connectivity index (χ2v) is 4.98. The van der Waals surface area contributed by atoms with Crippen LogP contribution in [0.1, 0.15) is 28.4 Å². The number of carbonyl (C=O) groups is 1. The van der Waals surface area contributed by atoms with Crippen molar-refractivity contribution in [3.63, 3.8) is 0 Å². The molecular weight excluding hydrogens is 295 g/mol. The summed E-state index contributed by atoms with van der Waals surface area (Å²) in [5.74, 6) is -0.435. The second kappa shape index (κ2) is 7.41. The van der Waals surface area contributed by atoms with Gasteiger partial charge in [0, 0.05) is 18.7 Å². The zero-order valence-corrected chi connectivity index (χ0v) is 13.0. The Kier molecular flexibility index (Phi) is 5.32. The Labute approximate surface area is 134 Å². The summed E-state index contributed by atoms with van der Waals surface area (Å²) in [5, 5.41) is 8.79. The van der Waals surface area contributed by atoms with E-state index >= 15 is 0 Å². The highest BCUT2D eigenvalue weighted by molar-refractivity contribution is 5.94. The molecule has 0 bridgehead atoms. The molecule has 4 nitrogen and oxygen atoms in total. The predicted octanol–water partition coefficient (Wildman–Crippen LogP) is 3.37. The SMILES string of the molecule is CCN(Cc1ccc(OC)c(F)c1)C(=O)c1ccc(C#N)cc1. The number of nitrogens with zero attached hydrogens (tertiary/aromatic N) is 2. The van der Waals surface area contributed by atoms with Gasteiger partial charge in [-0.3, -0.25) is 4.79 Å². The van der Waals surface area contributed by atoms with Crippen LogP contribution in [0.5, 0.6) is 5.75 Å². The molecule has 0 N–H and O–H groups in total. The molecular formula is C18H17FN2O2. The van der Waals surface area contributed by atoms with Crippen LogP contribution in [-0.4, -0.2) is 24.5 Å². The molecule has 0 saturated carbocycles. The molecule has 0 saturated heterocycles. The van der Waals surface area contributed by atoms with Gasteiger partial charge in [-0.05, 0) is 48.9 Å². The van der Waals surface area contributed by atoms with Crippen LogP contribution in [0.3, 0.4) is 0 Å². The van der Waals surface area contributed by atoms with Gasteiger partial charge >= 0.3 is 0 Å². The first kappa shape index (κ1) is 16.5. The number of hydrogen-bond acceptors (Lipinski definition) is 3. The second-order valence-electron chi connectivity index (χ2n) is 4.98. The van der Waals surface area contributed by atoms with Crippen LogP contribution in [0.2, 0.25) is 0 Å². The van der Waals surface area contributed by atoms with Gasteiger partial charge in [-0.25, -0.2) is 4.39 Å². The van der Waals surface area contributed by atoms with Gasteiger partial charge in [-0.1, -0.05) is 6.07 Å². The molecule has 0 aliphatic heterocycles. The number of rotatable bonds is 5. The minimum Gasteiger partial charge on any atom is -0.494 e. The Hall–Kier alpha value is -2.87. The summed E-state index contributed by atoms with van der Waals surface area (Å²) >= 11 is 0. The summed E-state index contributed by atoms with van der Waals surface area (Å²) in [6.07, 6.45) is 0. The number of methoxy groups -OCH3 is 1. The average molecular weight is 312 g/mol. The van der Waals surface area contributed by atoms with Gasteiger partial charge in [0.15, 0.2) is 11.6 Å². The first-order valence-electron chi connectivity index (χ1n) is 7.21. The van der Waals surface area contributed by atoms with Crippen molar-refractivity contribution >= 4 is 5.91 Å². The monoisotopic (exact) mass is 312 g/mol. The normalized spacial score (nSPS) is 10.0. The fourth-order valence-electron chi connectivity index (χ4n) is 2.23. The van der Waals surface area contributed by atoms with E-state index in [0.29, 0.717) is 29.8 Å². The van der Waals surface area contributed by atoms with E-state index in [1.165, 1.54) is 13.2 Å². The average Bonchev–Trinajstić information content (AvgIpc) is 2.59. The van der Waals surface area contributed by atoms with Gasteiger partial charge < -0.3 is 9.64 Å². The highest BCUT2D eigenvalue weighted by atomic mass is 19.1. The molecule has 5 heteroatoms. The van der Waals surface area contributed by atoms with Crippen molar-refractivity contribution < 1.29 is 13.9 Å². The lowest BCUT2D eigenvalue weighted by Crippen LogP contribution is -2.30. The molecule has 0 fully saturated rings. The Morgan fingerprint density at radius 3 is 2.48 bits per heavy atom. The molecule has 1 amide bonds. The first-order chi connectivity index (χ1) is 11.1. The fourth-order valence-corrected chi connectivity index (χ4v) is 2.23. The number of halogens is 1. The Morgan fingerprint density at radius 2 is 1.96 bits per heavy atom. The minimum atomic E-state index is -0.452. The van der Waals surface area contributed by atoms with E-state index in [-0.39, 0.29) is 11.7 Å². The van der Waals surface area contributed by atoms with Crippen LogP contribution in [0, 0.1) is 17.1 Å². The molecule has 0 aliphatic carbocycles. The molecule has 2 rings (SSSR count). The smallest absolute Gasteiger partial charge is 0.254 e. The number of benzene rings is 2. The lowest BCUT2D eigenvalue weighted by molar-refractivity contribution is 0.0752. The van der Waals surface area contributed by atoms with Gasteiger partial charge in [0.05, 0.1) is 18.7 Å². The van der Waals surface area contributed by atoms with Crippen molar-refractivity contribution in [1.82, 2.24) is 4.90 Å². The van der Waals surface area contributed by atoms with Crippen molar-refractivity contribution in [2.24, 2.45) is 0 Å². The third kappa shape index (κ3) is 3.86. The van der Waals surface area contributed by atoms with Gasteiger partial charge in [0.25, 0.3) is 5.91 Å². The largest absolute Gasteiger partial charge is 0.494 e. The van der Waals surface area contributed by atoms with Crippen molar-refractivity contribution in [3.05, 3.63) is 65.0 Å². The van der Waals surface area contributed by atoms with Crippen LogP contribution in [0.15, 0.2) is 42.5 Å². The molecule has 0 radical (unpaired) electrons. The maximum absolute atomic E-state index is 13.8. The van der Waals surface area contributed by atoms with Crippen LogP contribution in [0.25, 0.3) is 0 Å². The van der Waals surface area contributed by atoms with Gasteiger partial charge in [0.1, 0.15) is 0 Å². The number of amides is 1. The van der Waals surface area contributed by atoms with Gasteiger partial charge in [-0.15, -0.1) is 0 Å². The highest BCUT2D eigenvalue weighted by Gasteiger charge is 2.15. The third-order valence-corrected chi connectivity index (χ3v) is 3.52. The van der Waals surface area contributed by atoms with Gasteiger partial charge in [-0.2, -0.15) is 5.26 Å². The summed E-state index contributed by atoms with van der Waals surface area (Å²) in [5.41, 5.74) is 1.69. The summed E-state index contributed by atoms with van der Waals surface area (Å²) in [6.45, 7) is 2.66. The van der Waals surface area contributed by atoms with E-state index in [1.54, 1.807) is 41.3 Å². The fraction of sp³-hybridized carbons (Fsp3) is 0.222. The van der Waals surface area contributed by atoms with Crippen molar-refractivity contribution in [2.75, 3.05) is 13.7 Å². The van der Waals surface area contributed by atoms with Crippen LogP contribution < -0.4 is 4.74 Å². The minimum absolute atomic E-state index is 0.159. The van der Waals surface area contributed by atoms with E-state index < -0.39 is 5.82 Å². The molecule has 0 unspecified atom stereocenters. The van der Waals surface area contributed by atoms with E-state index in [1.807, 2.05) is 13.0 Å². The lowest BCUT2D eigenvalue weighted by atomic mass is 10.1. The van der Waals surface area contributed by atoms with Crippen molar-refractivity contribution in [3.8, 4) is 11.8 Å². The van der Waals surface area contributed by atoms with E-state index in [2.05, 4.69) is 0 Å². The van der Waals surface area contributed by atoms with Crippen LogP contribution in [-0.2, 0) is 6.54 Å². The highest BCUT2D eigenvalue weighted by Crippen LogP contribution is 2.19. The molecule has 2 aromatic carbocycles. The van der Waals surface area contributed by atoms with E-state index in [0.717, 1.165) is 0 Å². The summed E-state index contributed by atoms with van der Waals surface area (Å²) in [4.78, 5) is 14.1. The standard InChI is InChI=1S/C18H17FN2O2/c1-3-21(12-14-6-9-17(23-2)16(19)10-14)18(22)15-7-4-13(11-20)5-8-15/h4-10H,3,12H2,1-2H3. The Morgan fingerprint density at radius 1 is 1.26 bits per heavy atom. The number of carbonyl (C=O) groups excluding carboxylic acids is 1. The summed E-state index contributed by atoms with van der Waals surface area (Å²) < 4.78 is 18.6. The quantitative estimate of drug-likeness (QED) is 0.850. The predicted molar refractivity (Wildman–Crippen MR) is 84.5 cm³/mol. The number of nitriles is 1. The molecule has 0 heterocycles. The van der Waals surface area contributed by atoms with E-state index in [4.69, 9.17) is 10.00 Å². The molecule has 23 heavy (non-hydrogen) atoms. The molecule has 0 spiro atoms. The summed E-state index contributed by atoms with van der Waals surface area (Å²) in [6, 6.07) is 13.1.